The number of anilines is 2. The van der Waals surface area contributed by atoms with Crippen molar-refractivity contribution in [2.24, 2.45) is 0 Å². The van der Waals surface area contributed by atoms with Crippen LogP contribution in [-0.4, -0.2) is 24.7 Å². The molecule has 0 spiro atoms. The first kappa shape index (κ1) is 11.8. The highest BCUT2D eigenvalue weighted by Crippen LogP contribution is 2.12. The van der Waals surface area contributed by atoms with Gasteiger partial charge in [-0.05, 0) is 12.5 Å². The minimum absolute atomic E-state index is 0.335. The van der Waals surface area contributed by atoms with E-state index < -0.39 is 0 Å². The number of nitrogens with zero attached hydrogens (tertiary/aromatic N) is 1. The van der Waals surface area contributed by atoms with Crippen LogP contribution in [0.5, 0.6) is 0 Å². The Kier molecular flexibility index (Phi) is 4.90. The van der Waals surface area contributed by atoms with Gasteiger partial charge in [-0.15, -0.1) is 0 Å². The second-order valence-electron chi connectivity index (χ2n) is 3.55. The van der Waals surface area contributed by atoms with E-state index in [1.165, 1.54) is 0 Å². The van der Waals surface area contributed by atoms with Crippen LogP contribution in [0.4, 0.5) is 11.5 Å². The van der Waals surface area contributed by atoms with E-state index >= 15 is 0 Å². The quantitative estimate of drug-likeness (QED) is 0.751. The molecule has 4 nitrogen and oxygen atoms in total. The SMILES string of the molecule is CCCC(COC)Nc1ccnc(N)c1. The van der Waals surface area contributed by atoms with Crippen molar-refractivity contribution in [1.29, 1.82) is 0 Å². The maximum absolute atomic E-state index is 5.60. The van der Waals surface area contributed by atoms with Crippen LogP contribution in [0.2, 0.25) is 0 Å². The van der Waals surface area contributed by atoms with Crippen LogP contribution in [0.25, 0.3) is 0 Å². The molecule has 84 valence electrons. The van der Waals surface area contributed by atoms with E-state index in [4.69, 9.17) is 10.5 Å². The number of nitrogen functional groups attached to an aromatic ring is 1. The van der Waals surface area contributed by atoms with Crippen LogP contribution in [0, 0.1) is 0 Å². The molecule has 0 amide bonds. The smallest absolute Gasteiger partial charge is 0.125 e. The van der Waals surface area contributed by atoms with E-state index in [0.29, 0.717) is 18.5 Å². The Hall–Kier alpha value is -1.29. The number of hydrogen-bond donors (Lipinski definition) is 2. The first-order valence-corrected chi connectivity index (χ1v) is 5.23. The molecular weight excluding hydrogens is 190 g/mol. The summed E-state index contributed by atoms with van der Waals surface area (Å²) in [6.45, 7) is 2.86. The van der Waals surface area contributed by atoms with Gasteiger partial charge < -0.3 is 15.8 Å². The number of pyridine rings is 1. The molecule has 1 aromatic rings. The third-order valence-corrected chi connectivity index (χ3v) is 2.16. The van der Waals surface area contributed by atoms with Gasteiger partial charge in [0.2, 0.25) is 0 Å². The molecule has 0 aromatic carbocycles. The predicted molar refractivity (Wildman–Crippen MR) is 62.8 cm³/mol. The molecule has 1 rings (SSSR count). The summed E-state index contributed by atoms with van der Waals surface area (Å²) in [5.74, 6) is 0.535. The summed E-state index contributed by atoms with van der Waals surface area (Å²) in [6, 6.07) is 4.08. The summed E-state index contributed by atoms with van der Waals surface area (Å²) < 4.78 is 5.15. The molecule has 0 aliphatic heterocycles. The van der Waals surface area contributed by atoms with E-state index in [2.05, 4.69) is 17.2 Å². The minimum atomic E-state index is 0.335. The molecule has 0 fully saturated rings. The van der Waals surface area contributed by atoms with Crippen molar-refractivity contribution in [1.82, 2.24) is 4.98 Å². The van der Waals surface area contributed by atoms with Crippen LogP contribution in [-0.2, 0) is 4.74 Å². The first-order valence-electron chi connectivity index (χ1n) is 5.23. The average molecular weight is 209 g/mol. The zero-order valence-electron chi connectivity index (χ0n) is 9.36. The van der Waals surface area contributed by atoms with Crippen LogP contribution >= 0.6 is 0 Å². The largest absolute Gasteiger partial charge is 0.384 e. The molecule has 15 heavy (non-hydrogen) atoms. The highest BCUT2D eigenvalue weighted by atomic mass is 16.5. The number of nitrogens with two attached hydrogens (primary N) is 1. The van der Waals surface area contributed by atoms with Crippen molar-refractivity contribution in [3.8, 4) is 0 Å². The van der Waals surface area contributed by atoms with Gasteiger partial charge in [-0.2, -0.15) is 0 Å². The molecule has 3 N–H and O–H groups in total. The topological polar surface area (TPSA) is 60.2 Å². The van der Waals surface area contributed by atoms with Crippen molar-refractivity contribution < 1.29 is 4.74 Å². The molecular formula is C11H19N3O. The van der Waals surface area contributed by atoms with Gasteiger partial charge in [0.05, 0.1) is 6.61 Å². The zero-order chi connectivity index (χ0) is 11.1. The van der Waals surface area contributed by atoms with Crippen molar-refractivity contribution in [3.05, 3.63) is 18.3 Å². The lowest BCUT2D eigenvalue weighted by Gasteiger charge is -2.18. The minimum Gasteiger partial charge on any atom is -0.384 e. The fourth-order valence-electron chi connectivity index (χ4n) is 1.52. The predicted octanol–water partition coefficient (Wildman–Crippen LogP) is 1.89. The van der Waals surface area contributed by atoms with Crippen LogP contribution in [0.1, 0.15) is 19.8 Å². The molecule has 0 bridgehead atoms. The fraction of sp³-hybridized carbons (Fsp3) is 0.545. The van der Waals surface area contributed by atoms with Crippen LogP contribution in [0.3, 0.4) is 0 Å². The Morgan fingerprint density at radius 3 is 3.00 bits per heavy atom. The molecule has 1 atom stereocenters. The number of methoxy groups -OCH3 is 1. The fourth-order valence-corrected chi connectivity index (χ4v) is 1.52. The Morgan fingerprint density at radius 1 is 1.60 bits per heavy atom. The highest BCUT2D eigenvalue weighted by molar-refractivity contribution is 5.50. The summed E-state index contributed by atoms with van der Waals surface area (Å²) in [6.07, 6.45) is 3.91. The maximum Gasteiger partial charge on any atom is 0.125 e. The van der Waals surface area contributed by atoms with Crippen molar-refractivity contribution in [2.45, 2.75) is 25.8 Å². The molecule has 0 saturated carbocycles. The summed E-state index contributed by atoms with van der Waals surface area (Å²) >= 11 is 0. The van der Waals surface area contributed by atoms with Crippen molar-refractivity contribution >= 4 is 11.5 Å². The molecule has 0 saturated heterocycles. The Labute approximate surface area is 90.8 Å². The van der Waals surface area contributed by atoms with Gasteiger partial charge in [0.25, 0.3) is 0 Å². The monoisotopic (exact) mass is 209 g/mol. The second-order valence-corrected chi connectivity index (χ2v) is 3.55. The Morgan fingerprint density at radius 2 is 2.40 bits per heavy atom. The van der Waals surface area contributed by atoms with Gasteiger partial charge in [-0.1, -0.05) is 13.3 Å². The Balaban J connectivity index is 2.56. The summed E-state index contributed by atoms with van der Waals surface area (Å²) in [7, 11) is 1.71. The van der Waals surface area contributed by atoms with Gasteiger partial charge in [0, 0.05) is 31.1 Å². The summed E-state index contributed by atoms with van der Waals surface area (Å²) in [5, 5.41) is 3.38. The van der Waals surface area contributed by atoms with E-state index in [1.807, 2.05) is 12.1 Å². The van der Waals surface area contributed by atoms with Gasteiger partial charge >= 0.3 is 0 Å². The van der Waals surface area contributed by atoms with Crippen molar-refractivity contribution in [2.75, 3.05) is 24.8 Å². The first-order chi connectivity index (χ1) is 7.26. The van der Waals surface area contributed by atoms with E-state index in [9.17, 15) is 0 Å². The zero-order valence-corrected chi connectivity index (χ0v) is 9.36. The maximum atomic E-state index is 5.60. The van der Waals surface area contributed by atoms with Crippen LogP contribution in [0.15, 0.2) is 18.3 Å². The lowest BCUT2D eigenvalue weighted by Crippen LogP contribution is -2.24. The Bertz CT molecular complexity index is 285. The highest BCUT2D eigenvalue weighted by Gasteiger charge is 2.06. The molecule has 0 aliphatic carbocycles. The van der Waals surface area contributed by atoms with E-state index in [-0.39, 0.29) is 0 Å². The number of nitrogens with one attached hydrogen (secondary N) is 1. The summed E-state index contributed by atoms with van der Waals surface area (Å²) in [4.78, 5) is 3.95. The van der Waals surface area contributed by atoms with Crippen LogP contribution < -0.4 is 11.1 Å². The number of aromatic nitrogens is 1. The molecule has 1 unspecified atom stereocenters. The average Bonchev–Trinajstić information content (AvgIpc) is 2.18. The summed E-state index contributed by atoms with van der Waals surface area (Å²) in [5.41, 5.74) is 6.60. The van der Waals surface area contributed by atoms with Crippen molar-refractivity contribution in [3.63, 3.8) is 0 Å². The van der Waals surface area contributed by atoms with Gasteiger partial charge in [-0.25, -0.2) is 4.98 Å². The third-order valence-electron chi connectivity index (χ3n) is 2.16. The second kappa shape index (κ2) is 6.24. The van der Waals surface area contributed by atoms with Gasteiger partial charge in [0.1, 0.15) is 5.82 Å². The third kappa shape index (κ3) is 4.16. The molecule has 0 radical (unpaired) electrons. The van der Waals surface area contributed by atoms with Gasteiger partial charge in [-0.3, -0.25) is 0 Å². The lowest BCUT2D eigenvalue weighted by atomic mass is 10.1. The molecule has 1 heterocycles. The number of hydrogen-bond acceptors (Lipinski definition) is 4. The van der Waals surface area contributed by atoms with E-state index in [1.54, 1.807) is 13.3 Å². The van der Waals surface area contributed by atoms with Gasteiger partial charge in [0.15, 0.2) is 0 Å². The molecule has 0 aliphatic rings. The lowest BCUT2D eigenvalue weighted by molar-refractivity contribution is 0.182. The number of rotatable bonds is 6. The molecule has 1 aromatic heterocycles. The van der Waals surface area contributed by atoms with E-state index in [0.717, 1.165) is 18.5 Å². The normalized spacial score (nSPS) is 12.4. The standard InChI is InChI=1S/C11H19N3O/c1-3-4-10(8-15-2)14-9-5-6-13-11(12)7-9/h5-7,10H,3-4,8H2,1-2H3,(H3,12,13,14). The molecule has 4 heteroatoms. The number of ether oxygens (including phenoxy) is 1.